The number of hydrogen-bond acceptors (Lipinski definition) is 2. The van der Waals surface area contributed by atoms with Gasteiger partial charge in [-0.3, -0.25) is 0 Å². The molecule has 0 aliphatic rings. The van der Waals surface area contributed by atoms with Crippen molar-refractivity contribution in [3.05, 3.63) is 146 Å². The van der Waals surface area contributed by atoms with Gasteiger partial charge in [0, 0.05) is 36.3 Å². The summed E-state index contributed by atoms with van der Waals surface area (Å²) in [4.78, 5) is 0. The Morgan fingerprint density at radius 3 is 1.73 bits per heavy atom. The second-order valence-corrected chi connectivity index (χ2v) is 12.7. The lowest BCUT2D eigenvalue weighted by Gasteiger charge is -2.17. The van der Waals surface area contributed by atoms with Crippen LogP contribution < -0.4 is 0 Å². The molecule has 2 heteroatoms. The molecule has 0 N–H and O–H groups in total. The van der Waals surface area contributed by atoms with Crippen LogP contribution in [0.2, 0.25) is 0 Å². The third-order valence-electron chi connectivity index (χ3n) is 9.24. The van der Waals surface area contributed by atoms with Gasteiger partial charge in [-0.05, 0) is 73.5 Å². The molecule has 8 aromatic carbocycles. The molecule has 10 aromatic rings. The van der Waals surface area contributed by atoms with Gasteiger partial charge in [0.05, 0.1) is 0 Å². The lowest BCUT2D eigenvalue weighted by Crippen LogP contribution is -1.90. The van der Waals surface area contributed by atoms with E-state index < -0.39 is 0 Å². The van der Waals surface area contributed by atoms with Crippen LogP contribution in [0.5, 0.6) is 0 Å². The number of rotatable bonds is 2. The van der Waals surface area contributed by atoms with Crippen LogP contribution in [0.15, 0.2) is 150 Å². The second kappa shape index (κ2) is 9.03. The first-order chi connectivity index (χ1) is 21.8. The Morgan fingerprint density at radius 1 is 0.386 bits per heavy atom. The van der Waals surface area contributed by atoms with E-state index in [9.17, 15) is 0 Å². The van der Waals surface area contributed by atoms with Gasteiger partial charge < -0.3 is 4.42 Å². The minimum absolute atomic E-state index is 0.945. The van der Waals surface area contributed by atoms with E-state index in [2.05, 4.69) is 146 Å². The van der Waals surface area contributed by atoms with Crippen molar-refractivity contribution in [2.24, 2.45) is 0 Å². The van der Waals surface area contributed by atoms with Crippen LogP contribution >= 0.6 is 11.3 Å². The van der Waals surface area contributed by atoms with Crippen LogP contribution in [0.1, 0.15) is 0 Å². The average molecular weight is 577 g/mol. The smallest absolute Gasteiger partial charge is 0.143 e. The number of thiophene rings is 1. The number of benzene rings is 8. The average Bonchev–Trinajstić information content (AvgIpc) is 3.65. The number of hydrogen-bond donors (Lipinski definition) is 0. The van der Waals surface area contributed by atoms with Gasteiger partial charge in [-0.1, -0.05) is 121 Å². The van der Waals surface area contributed by atoms with E-state index >= 15 is 0 Å². The van der Waals surface area contributed by atoms with Crippen LogP contribution in [0, 0.1) is 0 Å². The molecule has 44 heavy (non-hydrogen) atoms. The summed E-state index contributed by atoms with van der Waals surface area (Å²) < 4.78 is 9.11. The van der Waals surface area contributed by atoms with E-state index in [0.29, 0.717) is 0 Å². The van der Waals surface area contributed by atoms with E-state index in [0.717, 1.165) is 16.6 Å². The summed E-state index contributed by atoms with van der Waals surface area (Å²) in [6.45, 7) is 0. The monoisotopic (exact) mass is 576 g/mol. The van der Waals surface area contributed by atoms with Gasteiger partial charge in [-0.2, -0.15) is 0 Å². The standard InChI is InChI=1S/C42H24OS/c1-2-11-26(12-3-1)38-29-14-6-8-16-31(29)39(32-17-9-7-15-30(32)38)27-19-20-33-37(24-27)44-36-23-22-35-40(41(33)36)34-21-18-25-10-4-5-13-28(25)42(34)43-35/h1-24H. The molecule has 10 rings (SSSR count). The van der Waals surface area contributed by atoms with Crippen molar-refractivity contribution >= 4 is 85.8 Å². The first kappa shape index (κ1) is 24.0. The zero-order chi connectivity index (χ0) is 28.8. The maximum atomic E-state index is 6.53. The van der Waals surface area contributed by atoms with Gasteiger partial charge in [0.2, 0.25) is 0 Å². The zero-order valence-corrected chi connectivity index (χ0v) is 24.5. The molecule has 0 atom stereocenters. The lowest BCUT2D eigenvalue weighted by molar-refractivity contribution is 0.673. The summed E-state index contributed by atoms with van der Waals surface area (Å²) in [5, 5.41) is 12.4. The van der Waals surface area contributed by atoms with E-state index in [1.165, 1.54) is 80.1 Å². The summed E-state index contributed by atoms with van der Waals surface area (Å²) in [6.07, 6.45) is 0. The van der Waals surface area contributed by atoms with E-state index in [1.807, 2.05) is 11.3 Å². The molecular weight excluding hydrogens is 553 g/mol. The predicted octanol–water partition coefficient (Wildman–Crippen LogP) is 12.7. The third-order valence-corrected chi connectivity index (χ3v) is 10.4. The Morgan fingerprint density at radius 2 is 1.00 bits per heavy atom. The van der Waals surface area contributed by atoms with Crippen molar-refractivity contribution in [3.8, 4) is 22.3 Å². The third kappa shape index (κ3) is 3.29. The fraction of sp³-hybridized carbons (Fsp3) is 0. The van der Waals surface area contributed by atoms with Crippen molar-refractivity contribution in [1.29, 1.82) is 0 Å². The minimum Gasteiger partial charge on any atom is -0.455 e. The summed E-state index contributed by atoms with van der Waals surface area (Å²) in [5.41, 5.74) is 7.00. The normalized spacial score (nSPS) is 12.1. The molecule has 0 fully saturated rings. The molecule has 1 nitrogen and oxygen atoms in total. The van der Waals surface area contributed by atoms with Crippen molar-refractivity contribution in [3.63, 3.8) is 0 Å². The zero-order valence-electron chi connectivity index (χ0n) is 23.7. The van der Waals surface area contributed by atoms with Crippen LogP contribution in [0.4, 0.5) is 0 Å². The fourth-order valence-corrected chi connectivity index (χ4v) is 8.52. The molecule has 2 heterocycles. The molecule has 0 bridgehead atoms. The first-order valence-electron chi connectivity index (χ1n) is 15.0. The van der Waals surface area contributed by atoms with Gasteiger partial charge in [0.15, 0.2) is 0 Å². The van der Waals surface area contributed by atoms with Crippen LogP contribution in [-0.2, 0) is 0 Å². The van der Waals surface area contributed by atoms with E-state index in [4.69, 9.17) is 4.42 Å². The minimum atomic E-state index is 0.945. The molecule has 0 aliphatic heterocycles. The Hall–Kier alpha value is -5.44. The van der Waals surface area contributed by atoms with Crippen molar-refractivity contribution in [2.75, 3.05) is 0 Å². The largest absolute Gasteiger partial charge is 0.455 e. The Bertz CT molecular complexity index is 2710. The highest BCUT2D eigenvalue weighted by Gasteiger charge is 2.19. The van der Waals surface area contributed by atoms with E-state index in [1.54, 1.807) is 0 Å². The number of fused-ring (bicyclic) bond motifs is 11. The Balaban J connectivity index is 1.27. The van der Waals surface area contributed by atoms with Crippen LogP contribution in [0.25, 0.3) is 96.7 Å². The molecule has 0 amide bonds. The van der Waals surface area contributed by atoms with Crippen LogP contribution in [0.3, 0.4) is 0 Å². The molecule has 0 saturated carbocycles. The molecule has 0 spiro atoms. The topological polar surface area (TPSA) is 13.1 Å². The summed E-state index contributed by atoms with van der Waals surface area (Å²) in [5.74, 6) is 0. The quantitative estimate of drug-likeness (QED) is 0.187. The maximum Gasteiger partial charge on any atom is 0.143 e. The molecule has 0 saturated heterocycles. The SMILES string of the molecule is c1ccc(-c2c3ccccc3c(-c3ccc4c(c3)sc3ccc5oc6c7ccccc7ccc6c5c34)c3ccccc23)cc1. The highest BCUT2D eigenvalue weighted by molar-refractivity contribution is 7.26. The summed E-state index contributed by atoms with van der Waals surface area (Å²) >= 11 is 1.87. The van der Waals surface area contributed by atoms with Gasteiger partial charge >= 0.3 is 0 Å². The maximum absolute atomic E-state index is 6.53. The molecule has 0 radical (unpaired) electrons. The highest BCUT2D eigenvalue weighted by Crippen LogP contribution is 2.47. The summed E-state index contributed by atoms with van der Waals surface area (Å²) in [6, 6.07) is 52.9. The molecular formula is C42H24OS. The predicted molar refractivity (Wildman–Crippen MR) is 190 cm³/mol. The highest BCUT2D eigenvalue weighted by atomic mass is 32.1. The molecule has 2 aromatic heterocycles. The van der Waals surface area contributed by atoms with Crippen molar-refractivity contribution in [1.82, 2.24) is 0 Å². The number of furan rings is 1. The van der Waals surface area contributed by atoms with Crippen LogP contribution in [-0.4, -0.2) is 0 Å². The van der Waals surface area contributed by atoms with Gasteiger partial charge in [0.25, 0.3) is 0 Å². The van der Waals surface area contributed by atoms with Gasteiger partial charge in [0.1, 0.15) is 11.2 Å². The second-order valence-electron chi connectivity index (χ2n) is 11.6. The van der Waals surface area contributed by atoms with E-state index in [-0.39, 0.29) is 0 Å². The van der Waals surface area contributed by atoms with Gasteiger partial charge in [-0.15, -0.1) is 11.3 Å². The Kier molecular flexibility index (Phi) is 4.94. The molecule has 204 valence electrons. The first-order valence-corrected chi connectivity index (χ1v) is 15.8. The fourth-order valence-electron chi connectivity index (χ4n) is 7.37. The molecule has 0 unspecified atom stereocenters. The Labute approximate surface area is 257 Å². The summed E-state index contributed by atoms with van der Waals surface area (Å²) in [7, 11) is 0. The molecule has 0 aliphatic carbocycles. The van der Waals surface area contributed by atoms with Crippen molar-refractivity contribution < 1.29 is 4.42 Å². The lowest BCUT2D eigenvalue weighted by atomic mass is 9.86. The van der Waals surface area contributed by atoms with Gasteiger partial charge in [-0.25, -0.2) is 0 Å². The van der Waals surface area contributed by atoms with Crippen molar-refractivity contribution in [2.45, 2.75) is 0 Å².